The molecule has 0 saturated heterocycles. The molecule has 1 aromatic rings. The van der Waals surface area contributed by atoms with Gasteiger partial charge in [0.05, 0.1) is 0 Å². The zero-order chi connectivity index (χ0) is 17.9. The Morgan fingerprint density at radius 2 is 1.46 bits per heavy atom. The van der Waals surface area contributed by atoms with Crippen molar-refractivity contribution >= 4 is 11.8 Å². The number of unbranched alkanes of at least 4 members (excludes halogenated alkanes) is 6. The molecule has 6 N–H and O–H groups in total. The highest BCUT2D eigenvalue weighted by Crippen LogP contribution is 2.16. The average molecular weight is 336 g/mol. The fourth-order valence-corrected chi connectivity index (χ4v) is 2.72. The van der Waals surface area contributed by atoms with Crippen LogP contribution >= 0.6 is 0 Å². The Hall–Kier alpha value is -1.92. The van der Waals surface area contributed by atoms with Crippen molar-refractivity contribution in [1.82, 2.24) is 0 Å². The van der Waals surface area contributed by atoms with Gasteiger partial charge in [-0.25, -0.2) is 0 Å². The molecule has 0 aliphatic heterocycles. The predicted octanol–water partition coefficient (Wildman–Crippen LogP) is 1.86. The molecule has 0 unspecified atom stereocenters. The molecule has 0 fully saturated rings. The van der Waals surface area contributed by atoms with Crippen LogP contribution in [0.2, 0.25) is 0 Å². The maximum atomic E-state index is 11.5. The molecule has 0 aliphatic rings. The van der Waals surface area contributed by atoms with Crippen molar-refractivity contribution in [2.75, 3.05) is 0 Å². The normalized spacial score (nSPS) is 11.0. The minimum absolute atomic E-state index is 0.390. The molecule has 0 saturated carbocycles. The highest BCUT2D eigenvalue weighted by atomic mass is 16.5. The number of benzene rings is 1. The molecule has 1 aromatic carbocycles. The predicted molar refractivity (Wildman–Crippen MR) is 92.3 cm³/mol. The van der Waals surface area contributed by atoms with Gasteiger partial charge in [0, 0.05) is 11.1 Å². The van der Waals surface area contributed by atoms with Gasteiger partial charge in [0.15, 0.2) is 6.29 Å². The molecule has 6 heteroatoms. The van der Waals surface area contributed by atoms with Crippen LogP contribution < -0.4 is 11.5 Å². The van der Waals surface area contributed by atoms with E-state index in [0.717, 1.165) is 50.5 Å². The molecule has 1 rings (SSSR count). The molecule has 0 atom stereocenters. The van der Waals surface area contributed by atoms with Crippen molar-refractivity contribution in [2.24, 2.45) is 11.5 Å². The third kappa shape index (κ3) is 7.57. The molecule has 0 bridgehead atoms. The van der Waals surface area contributed by atoms with E-state index in [2.05, 4.69) is 0 Å². The van der Waals surface area contributed by atoms with E-state index in [-0.39, 0.29) is 0 Å². The summed E-state index contributed by atoms with van der Waals surface area (Å²) >= 11 is 0. The lowest BCUT2D eigenvalue weighted by molar-refractivity contribution is -0.0466. The molecule has 0 aliphatic carbocycles. The zero-order valence-electron chi connectivity index (χ0n) is 14.0. The van der Waals surface area contributed by atoms with Crippen molar-refractivity contribution in [3.8, 4) is 0 Å². The summed E-state index contributed by atoms with van der Waals surface area (Å²) in [5.74, 6) is -1.01. The summed E-state index contributed by atoms with van der Waals surface area (Å²) in [5, 5.41) is 17.5. The summed E-state index contributed by atoms with van der Waals surface area (Å²) < 4.78 is 0. The Kier molecular flexibility index (Phi) is 9.04. The second-order valence-electron chi connectivity index (χ2n) is 6.09. The first-order valence-electron chi connectivity index (χ1n) is 8.50. The van der Waals surface area contributed by atoms with Crippen LogP contribution in [0.1, 0.15) is 77.6 Å². The Balaban J connectivity index is 2.32. The van der Waals surface area contributed by atoms with Gasteiger partial charge in [-0.3, -0.25) is 9.59 Å². The Morgan fingerprint density at radius 3 is 2.00 bits per heavy atom. The standard InChI is InChI=1S/C18H28N2O4/c19-17(23)14-10-11-15(18(20)24)13(12-14)8-6-4-2-1-3-5-7-9-16(21)22/h10-12,16,21-22H,1-9H2,(H2,19,23)(H2,20,24). The van der Waals surface area contributed by atoms with E-state index in [1.807, 2.05) is 0 Å². The number of primary amides is 2. The Labute approximate surface area is 142 Å². The van der Waals surface area contributed by atoms with E-state index >= 15 is 0 Å². The first kappa shape index (κ1) is 20.1. The fourth-order valence-electron chi connectivity index (χ4n) is 2.72. The van der Waals surface area contributed by atoms with Gasteiger partial charge in [-0.15, -0.1) is 0 Å². The summed E-state index contributed by atoms with van der Waals surface area (Å²) in [6.45, 7) is 0. The molecule has 6 nitrogen and oxygen atoms in total. The van der Waals surface area contributed by atoms with Gasteiger partial charge < -0.3 is 21.7 Å². The minimum Gasteiger partial charge on any atom is -0.368 e. The van der Waals surface area contributed by atoms with Crippen LogP contribution in [0.3, 0.4) is 0 Å². The lowest BCUT2D eigenvalue weighted by Crippen LogP contribution is -2.16. The Morgan fingerprint density at radius 1 is 0.875 bits per heavy atom. The molecule has 0 radical (unpaired) electrons. The van der Waals surface area contributed by atoms with E-state index in [0.29, 0.717) is 24.0 Å². The molecular formula is C18H28N2O4. The van der Waals surface area contributed by atoms with E-state index < -0.39 is 18.1 Å². The van der Waals surface area contributed by atoms with Crippen LogP contribution in [-0.2, 0) is 6.42 Å². The van der Waals surface area contributed by atoms with Crippen LogP contribution in [-0.4, -0.2) is 28.3 Å². The number of nitrogens with two attached hydrogens (primary N) is 2. The summed E-state index contributed by atoms with van der Waals surface area (Å²) in [6, 6.07) is 4.74. The third-order valence-electron chi connectivity index (χ3n) is 4.06. The molecule has 134 valence electrons. The van der Waals surface area contributed by atoms with Crippen molar-refractivity contribution in [3.63, 3.8) is 0 Å². The molecule has 0 heterocycles. The molecular weight excluding hydrogens is 308 g/mol. The van der Waals surface area contributed by atoms with E-state index in [1.54, 1.807) is 12.1 Å². The lowest BCUT2D eigenvalue weighted by Gasteiger charge is -2.08. The topological polar surface area (TPSA) is 127 Å². The number of hydrogen-bond donors (Lipinski definition) is 4. The Bertz CT molecular complexity index is 544. The summed E-state index contributed by atoms with van der Waals surface area (Å²) in [6.07, 6.45) is 6.98. The largest absolute Gasteiger partial charge is 0.368 e. The molecule has 2 amide bonds. The molecule has 0 spiro atoms. The number of hydrogen-bond acceptors (Lipinski definition) is 4. The van der Waals surface area contributed by atoms with Crippen molar-refractivity contribution in [2.45, 2.75) is 64.1 Å². The van der Waals surface area contributed by atoms with Crippen LogP contribution in [0.4, 0.5) is 0 Å². The first-order valence-corrected chi connectivity index (χ1v) is 8.50. The average Bonchev–Trinajstić information content (AvgIpc) is 2.52. The summed E-state index contributed by atoms with van der Waals surface area (Å²) in [7, 11) is 0. The smallest absolute Gasteiger partial charge is 0.248 e. The minimum atomic E-state index is -1.19. The third-order valence-corrected chi connectivity index (χ3v) is 4.06. The van der Waals surface area contributed by atoms with Gasteiger partial charge >= 0.3 is 0 Å². The second kappa shape index (κ2) is 10.8. The van der Waals surface area contributed by atoms with Crippen molar-refractivity contribution in [1.29, 1.82) is 0 Å². The number of carbonyl (C=O) groups is 2. The SMILES string of the molecule is NC(=O)c1ccc(C(N)=O)c(CCCCCCCCCC(O)O)c1. The number of aliphatic hydroxyl groups is 2. The van der Waals surface area contributed by atoms with Crippen LogP contribution in [0.5, 0.6) is 0 Å². The van der Waals surface area contributed by atoms with Crippen LogP contribution in [0.25, 0.3) is 0 Å². The lowest BCUT2D eigenvalue weighted by atomic mass is 9.97. The number of rotatable bonds is 12. The summed E-state index contributed by atoms with van der Waals surface area (Å²) in [4.78, 5) is 22.7. The summed E-state index contributed by atoms with van der Waals surface area (Å²) in [5.41, 5.74) is 12.3. The highest BCUT2D eigenvalue weighted by Gasteiger charge is 2.11. The van der Waals surface area contributed by atoms with E-state index in [4.69, 9.17) is 21.7 Å². The van der Waals surface area contributed by atoms with Crippen molar-refractivity contribution in [3.05, 3.63) is 34.9 Å². The second-order valence-corrected chi connectivity index (χ2v) is 6.09. The van der Waals surface area contributed by atoms with Gasteiger partial charge in [-0.2, -0.15) is 0 Å². The van der Waals surface area contributed by atoms with Gasteiger partial charge in [0.1, 0.15) is 0 Å². The maximum absolute atomic E-state index is 11.5. The van der Waals surface area contributed by atoms with Gasteiger partial charge in [-0.1, -0.05) is 32.1 Å². The van der Waals surface area contributed by atoms with Gasteiger partial charge in [0.2, 0.25) is 11.8 Å². The van der Waals surface area contributed by atoms with Crippen molar-refractivity contribution < 1.29 is 19.8 Å². The number of aliphatic hydroxyl groups excluding tert-OH is 1. The van der Waals surface area contributed by atoms with Crippen LogP contribution in [0.15, 0.2) is 18.2 Å². The van der Waals surface area contributed by atoms with Crippen LogP contribution in [0, 0.1) is 0 Å². The monoisotopic (exact) mass is 336 g/mol. The highest BCUT2D eigenvalue weighted by molar-refractivity contribution is 5.97. The first-order chi connectivity index (χ1) is 11.4. The van der Waals surface area contributed by atoms with Gasteiger partial charge in [0.25, 0.3) is 0 Å². The maximum Gasteiger partial charge on any atom is 0.248 e. The van der Waals surface area contributed by atoms with E-state index in [1.165, 1.54) is 6.07 Å². The molecule has 0 aromatic heterocycles. The van der Waals surface area contributed by atoms with Gasteiger partial charge in [-0.05, 0) is 49.4 Å². The quantitative estimate of drug-likeness (QED) is 0.343. The number of aryl methyl sites for hydroxylation is 1. The van der Waals surface area contributed by atoms with E-state index in [9.17, 15) is 9.59 Å². The zero-order valence-corrected chi connectivity index (χ0v) is 14.0. The number of carbonyl (C=O) groups excluding carboxylic acids is 2. The molecule has 24 heavy (non-hydrogen) atoms. The number of amides is 2. The fraction of sp³-hybridized carbons (Fsp3) is 0.556.